The second-order valence-electron chi connectivity index (χ2n) is 15.0. The van der Waals surface area contributed by atoms with Gasteiger partial charge in [-0.05, 0) is 89.9 Å². The number of allylic oxidation sites excluding steroid dienone is 18. The summed E-state index contributed by atoms with van der Waals surface area (Å²) < 4.78 is 16.6. The fourth-order valence-corrected chi connectivity index (χ4v) is 5.89. The predicted octanol–water partition coefficient (Wildman–Crippen LogP) is 15.2. The Morgan fingerprint density at radius 3 is 1.32 bits per heavy atom. The quantitative estimate of drug-likeness (QED) is 0.0201. The van der Waals surface area contributed by atoms with Crippen molar-refractivity contribution in [1.29, 1.82) is 0 Å². The van der Waals surface area contributed by atoms with Crippen molar-refractivity contribution in [3.05, 3.63) is 109 Å². The van der Waals surface area contributed by atoms with Crippen LogP contribution >= 0.6 is 0 Å². The molecule has 0 saturated heterocycles. The molecular formula is C53H84O6. The van der Waals surface area contributed by atoms with Gasteiger partial charge in [-0.25, -0.2) is 0 Å². The van der Waals surface area contributed by atoms with E-state index in [4.69, 9.17) is 14.2 Å². The first kappa shape index (κ1) is 55.1. The standard InChI is InChI=1S/C53H84O6/c1-4-7-10-13-16-19-22-25-28-31-34-37-40-43-46-52(55)58-49-50(48-57-51(54)45-42-39-36-33-30-27-24-21-18-15-12-9-6-3)59-53(56)47-44-41-38-35-32-29-26-23-20-17-14-11-8-5-2/h7,9-10,12,15-16,18-19,21,24-25,27-30,32-33,36,50H,4-6,8,11,13-14,17,20,22-23,26,31,34-35,37-49H2,1-3H3/b10-7+,12-9+,18-15+,19-16+,24-21+,28-25+,30-27+,32-29+,36-33+. The first-order chi connectivity index (χ1) is 29.0. The molecule has 0 aromatic heterocycles. The summed E-state index contributed by atoms with van der Waals surface area (Å²) in [5.74, 6) is -1.04. The monoisotopic (exact) mass is 817 g/mol. The molecule has 0 saturated carbocycles. The van der Waals surface area contributed by atoms with E-state index in [1.807, 2.05) is 54.7 Å². The number of carbonyl (C=O) groups is 3. The van der Waals surface area contributed by atoms with Gasteiger partial charge < -0.3 is 14.2 Å². The van der Waals surface area contributed by atoms with Gasteiger partial charge in [0, 0.05) is 19.3 Å². The number of rotatable bonds is 40. The molecule has 0 bridgehead atoms. The van der Waals surface area contributed by atoms with Crippen molar-refractivity contribution in [3.63, 3.8) is 0 Å². The van der Waals surface area contributed by atoms with E-state index in [0.717, 1.165) is 96.3 Å². The molecule has 59 heavy (non-hydrogen) atoms. The highest BCUT2D eigenvalue weighted by molar-refractivity contribution is 5.71. The highest BCUT2D eigenvalue weighted by Crippen LogP contribution is 2.12. The Labute approximate surface area is 361 Å². The summed E-state index contributed by atoms with van der Waals surface area (Å²) in [7, 11) is 0. The molecule has 0 aliphatic heterocycles. The minimum Gasteiger partial charge on any atom is -0.462 e. The lowest BCUT2D eigenvalue weighted by Crippen LogP contribution is -2.30. The number of esters is 3. The molecule has 0 spiro atoms. The van der Waals surface area contributed by atoms with E-state index < -0.39 is 6.10 Å². The largest absolute Gasteiger partial charge is 0.462 e. The fraction of sp³-hybridized carbons (Fsp3) is 0.604. The van der Waals surface area contributed by atoms with Crippen LogP contribution in [-0.2, 0) is 28.6 Å². The van der Waals surface area contributed by atoms with Gasteiger partial charge >= 0.3 is 17.9 Å². The molecule has 0 aliphatic carbocycles. The molecule has 0 rings (SSSR count). The predicted molar refractivity (Wildman–Crippen MR) is 251 cm³/mol. The van der Waals surface area contributed by atoms with Crippen LogP contribution in [0.4, 0.5) is 0 Å². The van der Waals surface area contributed by atoms with E-state index in [-0.39, 0.29) is 44.0 Å². The molecule has 0 radical (unpaired) electrons. The van der Waals surface area contributed by atoms with Crippen LogP contribution in [0.15, 0.2) is 109 Å². The van der Waals surface area contributed by atoms with Crippen LogP contribution in [0.1, 0.15) is 188 Å². The molecule has 6 nitrogen and oxygen atoms in total. The summed E-state index contributed by atoms with van der Waals surface area (Å²) in [6.07, 6.45) is 62.2. The molecule has 0 heterocycles. The van der Waals surface area contributed by atoms with E-state index in [1.54, 1.807) is 0 Å². The van der Waals surface area contributed by atoms with E-state index >= 15 is 0 Å². The van der Waals surface area contributed by atoms with E-state index in [0.29, 0.717) is 12.8 Å². The molecule has 332 valence electrons. The van der Waals surface area contributed by atoms with Gasteiger partial charge in [-0.15, -0.1) is 0 Å². The topological polar surface area (TPSA) is 78.9 Å². The third-order valence-electron chi connectivity index (χ3n) is 9.37. The maximum Gasteiger partial charge on any atom is 0.306 e. The number of carbonyl (C=O) groups excluding carboxylic acids is 3. The van der Waals surface area contributed by atoms with Crippen molar-refractivity contribution >= 4 is 17.9 Å². The minimum atomic E-state index is -0.824. The van der Waals surface area contributed by atoms with Crippen LogP contribution in [0.2, 0.25) is 0 Å². The van der Waals surface area contributed by atoms with Gasteiger partial charge in [-0.2, -0.15) is 0 Å². The first-order valence-corrected chi connectivity index (χ1v) is 23.5. The Kier molecular flexibility index (Phi) is 43.6. The molecule has 6 heteroatoms. The van der Waals surface area contributed by atoms with Crippen LogP contribution in [0.25, 0.3) is 0 Å². The normalized spacial score (nSPS) is 13.1. The van der Waals surface area contributed by atoms with Gasteiger partial charge in [0.25, 0.3) is 0 Å². The Balaban J connectivity index is 4.57. The average molecular weight is 817 g/mol. The van der Waals surface area contributed by atoms with Gasteiger partial charge in [0.15, 0.2) is 6.10 Å². The average Bonchev–Trinajstić information content (AvgIpc) is 3.23. The van der Waals surface area contributed by atoms with Crippen LogP contribution in [0, 0.1) is 0 Å². The lowest BCUT2D eigenvalue weighted by molar-refractivity contribution is -0.167. The highest BCUT2D eigenvalue weighted by Gasteiger charge is 2.19. The van der Waals surface area contributed by atoms with Crippen molar-refractivity contribution in [2.24, 2.45) is 0 Å². The third kappa shape index (κ3) is 45.0. The van der Waals surface area contributed by atoms with Crippen LogP contribution in [0.5, 0.6) is 0 Å². The second kappa shape index (κ2) is 46.8. The lowest BCUT2D eigenvalue weighted by atomic mass is 10.1. The summed E-state index contributed by atoms with van der Waals surface area (Å²) in [4.78, 5) is 37.8. The number of unbranched alkanes of at least 4 members (excludes halogenated alkanes) is 15. The van der Waals surface area contributed by atoms with Crippen molar-refractivity contribution in [2.75, 3.05) is 13.2 Å². The maximum absolute atomic E-state index is 12.7. The van der Waals surface area contributed by atoms with Crippen LogP contribution in [0.3, 0.4) is 0 Å². The molecule has 0 fully saturated rings. The Hall–Kier alpha value is -3.93. The van der Waals surface area contributed by atoms with Crippen molar-refractivity contribution in [1.82, 2.24) is 0 Å². The fourth-order valence-electron chi connectivity index (χ4n) is 5.89. The zero-order valence-electron chi connectivity index (χ0n) is 37.7. The molecule has 0 aromatic rings. The van der Waals surface area contributed by atoms with Gasteiger partial charge in [0.1, 0.15) is 13.2 Å². The first-order valence-electron chi connectivity index (χ1n) is 23.5. The Morgan fingerprint density at radius 1 is 0.373 bits per heavy atom. The molecule has 1 unspecified atom stereocenters. The highest BCUT2D eigenvalue weighted by atomic mass is 16.6. The second-order valence-corrected chi connectivity index (χ2v) is 15.0. The Morgan fingerprint density at radius 2 is 0.763 bits per heavy atom. The van der Waals surface area contributed by atoms with Gasteiger partial charge in [0.2, 0.25) is 0 Å². The van der Waals surface area contributed by atoms with Gasteiger partial charge in [-0.1, -0.05) is 188 Å². The van der Waals surface area contributed by atoms with Crippen molar-refractivity contribution in [3.8, 4) is 0 Å². The Bertz CT molecular complexity index is 1260. The van der Waals surface area contributed by atoms with Crippen LogP contribution in [-0.4, -0.2) is 37.2 Å². The smallest absolute Gasteiger partial charge is 0.306 e. The zero-order valence-corrected chi connectivity index (χ0v) is 37.7. The van der Waals surface area contributed by atoms with Crippen molar-refractivity contribution < 1.29 is 28.6 Å². The molecule has 0 amide bonds. The number of hydrogen-bond acceptors (Lipinski definition) is 6. The summed E-state index contributed by atoms with van der Waals surface area (Å²) in [6, 6.07) is 0. The maximum atomic E-state index is 12.7. The summed E-state index contributed by atoms with van der Waals surface area (Å²) in [6.45, 7) is 6.25. The van der Waals surface area contributed by atoms with E-state index in [9.17, 15) is 14.4 Å². The summed E-state index contributed by atoms with van der Waals surface area (Å²) in [5, 5.41) is 0. The third-order valence-corrected chi connectivity index (χ3v) is 9.37. The van der Waals surface area contributed by atoms with Crippen LogP contribution < -0.4 is 0 Å². The molecule has 1 atom stereocenters. The molecule has 0 aliphatic rings. The number of hydrogen-bond donors (Lipinski definition) is 0. The summed E-state index contributed by atoms with van der Waals surface area (Å²) >= 11 is 0. The minimum absolute atomic E-state index is 0.121. The molecule has 0 N–H and O–H groups in total. The molecular weight excluding hydrogens is 733 g/mol. The number of ether oxygens (including phenoxy) is 3. The van der Waals surface area contributed by atoms with E-state index in [2.05, 4.69) is 75.5 Å². The SMILES string of the molecule is CC/C=C/C=C/C=C/C=C/C=C/CCCC(=O)OCC(COC(=O)CCCCCC/C=C/C/C=C/C/C=C/CC)OC(=O)CCCCC/C=C/CCCCCCCCC. The molecule has 0 aromatic carbocycles. The van der Waals surface area contributed by atoms with Gasteiger partial charge in [-0.3, -0.25) is 14.4 Å². The van der Waals surface area contributed by atoms with E-state index in [1.165, 1.54) is 44.9 Å². The summed E-state index contributed by atoms with van der Waals surface area (Å²) in [5.41, 5.74) is 0. The van der Waals surface area contributed by atoms with Gasteiger partial charge in [0.05, 0.1) is 0 Å². The zero-order chi connectivity index (χ0) is 43.0. The van der Waals surface area contributed by atoms with Crippen molar-refractivity contribution in [2.45, 2.75) is 194 Å². The lowest BCUT2D eigenvalue weighted by Gasteiger charge is -2.18.